The van der Waals surface area contributed by atoms with Crippen molar-refractivity contribution in [3.05, 3.63) is 69.4 Å². The fourth-order valence-corrected chi connectivity index (χ4v) is 3.98. The number of likely N-dealkylation sites (N-methyl/N-ethyl adjacent to an activating group) is 1. The monoisotopic (exact) mass is 402 g/mol. The fraction of sp³-hybridized carbons (Fsp3) is 0.174. The van der Waals surface area contributed by atoms with Crippen LogP contribution in [0.2, 0.25) is 0 Å². The first-order valence-corrected chi connectivity index (χ1v) is 10.0. The first kappa shape index (κ1) is 18.9. The lowest BCUT2D eigenvalue weighted by molar-refractivity contribution is -0.140. The minimum Gasteiger partial charge on any atom is -0.429 e. The van der Waals surface area contributed by atoms with Crippen molar-refractivity contribution in [1.29, 1.82) is 0 Å². The van der Waals surface area contributed by atoms with Crippen molar-refractivity contribution in [3.63, 3.8) is 0 Å². The van der Waals surface area contributed by atoms with Crippen LogP contribution in [0.4, 0.5) is 0 Å². The molecule has 0 unspecified atom stereocenters. The Morgan fingerprint density at radius 1 is 1.10 bits per heavy atom. The van der Waals surface area contributed by atoms with E-state index in [1.54, 1.807) is 26.8 Å². The van der Waals surface area contributed by atoms with Gasteiger partial charge < -0.3 is 4.42 Å². The summed E-state index contributed by atoms with van der Waals surface area (Å²) in [5, 5.41) is 0. The number of carbonyl (C=O) groups excluding carboxylic acids is 2. The highest BCUT2D eigenvalue weighted by Crippen LogP contribution is 2.31. The molecular weight excluding hydrogens is 384 g/mol. The van der Waals surface area contributed by atoms with Gasteiger partial charge in [0.25, 0.3) is 17.7 Å². The molecule has 0 saturated carbocycles. The number of carbonyl (C=O) groups is 2. The van der Waals surface area contributed by atoms with E-state index in [9.17, 15) is 9.59 Å². The second-order valence-electron chi connectivity index (χ2n) is 6.62. The predicted molar refractivity (Wildman–Crippen MR) is 113 cm³/mol. The van der Waals surface area contributed by atoms with Gasteiger partial charge in [0.15, 0.2) is 10.4 Å². The van der Waals surface area contributed by atoms with Gasteiger partial charge in [-0.05, 0) is 50.5 Å². The number of aromatic nitrogens is 1. The molecule has 29 heavy (non-hydrogen) atoms. The van der Waals surface area contributed by atoms with E-state index in [2.05, 4.69) is 16.8 Å². The second kappa shape index (κ2) is 7.53. The Hall–Kier alpha value is -3.43. The smallest absolute Gasteiger partial charge is 0.275 e. The fourth-order valence-electron chi connectivity index (χ4n) is 3.09. The summed E-state index contributed by atoms with van der Waals surface area (Å²) in [5.74, 6) is 5.82. The molecule has 144 valence electrons. The average Bonchev–Trinajstić information content (AvgIpc) is 3.27. The number of rotatable bonds is 2. The molecule has 4 rings (SSSR count). The van der Waals surface area contributed by atoms with Crippen LogP contribution < -0.4 is 0 Å². The standard InChI is InChI=1S/C23H18N2O3S/c1-4-25-22(26)15(3)14(2)18(23(25)27)12-17-13-19-21(29-17)24-20(28-19)11-10-16-8-6-5-7-9-16/h5-9,12-13H,4H2,1-3H3/b18-12-. The molecule has 2 amide bonds. The zero-order valence-electron chi connectivity index (χ0n) is 16.3. The highest BCUT2D eigenvalue weighted by molar-refractivity contribution is 7.19. The topological polar surface area (TPSA) is 63.4 Å². The molecule has 1 aliphatic heterocycles. The maximum Gasteiger partial charge on any atom is 0.275 e. The van der Waals surface area contributed by atoms with Crippen LogP contribution in [0.15, 0.2) is 57.5 Å². The van der Waals surface area contributed by atoms with Gasteiger partial charge in [0.2, 0.25) is 0 Å². The summed E-state index contributed by atoms with van der Waals surface area (Å²) in [6, 6.07) is 11.5. The van der Waals surface area contributed by atoms with Crippen LogP contribution in [-0.4, -0.2) is 28.2 Å². The Labute approximate surface area is 172 Å². The molecule has 0 spiro atoms. The van der Waals surface area contributed by atoms with Gasteiger partial charge in [-0.25, -0.2) is 0 Å². The van der Waals surface area contributed by atoms with Gasteiger partial charge in [-0.2, -0.15) is 4.98 Å². The van der Waals surface area contributed by atoms with Crippen molar-refractivity contribution in [2.75, 3.05) is 6.54 Å². The molecule has 1 aliphatic rings. The SMILES string of the molecule is CCN1C(=O)C(C)=C(C)/C(=C/c2cc3oc(C#Cc4ccccc4)nc3s2)C1=O. The summed E-state index contributed by atoms with van der Waals surface area (Å²) < 4.78 is 5.73. The van der Waals surface area contributed by atoms with E-state index in [-0.39, 0.29) is 11.8 Å². The van der Waals surface area contributed by atoms with E-state index in [0.29, 0.717) is 34.7 Å². The Balaban J connectivity index is 1.66. The maximum absolute atomic E-state index is 12.7. The Bertz CT molecular complexity index is 1220. The summed E-state index contributed by atoms with van der Waals surface area (Å²) in [5.41, 5.74) is 3.34. The third-order valence-electron chi connectivity index (χ3n) is 4.81. The number of hydrogen-bond acceptors (Lipinski definition) is 5. The summed E-state index contributed by atoms with van der Waals surface area (Å²) in [6.07, 6.45) is 1.80. The number of fused-ring (bicyclic) bond motifs is 1. The number of benzene rings is 1. The van der Waals surface area contributed by atoms with E-state index in [0.717, 1.165) is 15.3 Å². The molecule has 0 radical (unpaired) electrons. The van der Waals surface area contributed by atoms with E-state index in [4.69, 9.17) is 4.42 Å². The first-order valence-electron chi connectivity index (χ1n) is 9.21. The number of hydrogen-bond donors (Lipinski definition) is 0. The Kier molecular flexibility index (Phi) is 4.91. The summed E-state index contributed by atoms with van der Waals surface area (Å²) in [6.45, 7) is 5.69. The van der Waals surface area contributed by atoms with E-state index in [1.165, 1.54) is 16.2 Å². The minimum atomic E-state index is -0.270. The number of imide groups is 1. The molecule has 6 heteroatoms. The van der Waals surface area contributed by atoms with Crippen LogP contribution in [-0.2, 0) is 9.59 Å². The third-order valence-corrected chi connectivity index (χ3v) is 5.76. The van der Waals surface area contributed by atoms with Gasteiger partial charge in [0.05, 0.1) is 0 Å². The van der Waals surface area contributed by atoms with Crippen LogP contribution >= 0.6 is 11.3 Å². The van der Waals surface area contributed by atoms with Crippen molar-refractivity contribution in [2.24, 2.45) is 0 Å². The lowest BCUT2D eigenvalue weighted by atomic mass is 9.95. The largest absolute Gasteiger partial charge is 0.429 e. The van der Waals surface area contributed by atoms with Crippen molar-refractivity contribution in [2.45, 2.75) is 20.8 Å². The zero-order valence-corrected chi connectivity index (χ0v) is 17.1. The van der Waals surface area contributed by atoms with Gasteiger partial charge in [-0.1, -0.05) is 24.1 Å². The summed E-state index contributed by atoms with van der Waals surface area (Å²) in [7, 11) is 0. The second-order valence-corrected chi connectivity index (χ2v) is 7.68. The maximum atomic E-state index is 12.7. The highest BCUT2D eigenvalue weighted by atomic mass is 32.1. The van der Waals surface area contributed by atoms with Crippen molar-refractivity contribution in [1.82, 2.24) is 9.88 Å². The number of amides is 2. The quantitative estimate of drug-likeness (QED) is 0.362. The number of thiophene rings is 1. The molecule has 0 bridgehead atoms. The lowest BCUT2D eigenvalue weighted by Gasteiger charge is -2.27. The highest BCUT2D eigenvalue weighted by Gasteiger charge is 2.32. The molecule has 5 nitrogen and oxygen atoms in total. The molecule has 2 aromatic heterocycles. The Morgan fingerprint density at radius 3 is 2.55 bits per heavy atom. The van der Waals surface area contributed by atoms with E-state index >= 15 is 0 Å². The van der Waals surface area contributed by atoms with Gasteiger partial charge in [0, 0.05) is 34.2 Å². The van der Waals surface area contributed by atoms with Crippen LogP contribution in [0, 0.1) is 11.8 Å². The van der Waals surface area contributed by atoms with Crippen molar-refractivity contribution < 1.29 is 14.0 Å². The van der Waals surface area contributed by atoms with Gasteiger partial charge in [0.1, 0.15) is 0 Å². The normalized spacial score (nSPS) is 16.0. The molecular formula is C23H18N2O3S. The molecule has 1 aromatic carbocycles. The van der Waals surface area contributed by atoms with Gasteiger partial charge in [-0.15, -0.1) is 11.3 Å². The van der Waals surface area contributed by atoms with Gasteiger partial charge >= 0.3 is 0 Å². The molecule has 0 aliphatic carbocycles. The zero-order chi connectivity index (χ0) is 20.5. The minimum absolute atomic E-state index is 0.226. The number of nitrogens with zero attached hydrogens (tertiary/aromatic N) is 2. The number of oxazole rings is 1. The Morgan fingerprint density at radius 2 is 1.86 bits per heavy atom. The summed E-state index contributed by atoms with van der Waals surface area (Å²) >= 11 is 1.42. The van der Waals surface area contributed by atoms with E-state index < -0.39 is 0 Å². The van der Waals surface area contributed by atoms with Crippen molar-refractivity contribution >= 4 is 39.6 Å². The molecule has 0 N–H and O–H groups in total. The molecule has 0 atom stereocenters. The third kappa shape index (κ3) is 3.53. The van der Waals surface area contributed by atoms with Crippen LogP contribution in [0.25, 0.3) is 16.5 Å². The van der Waals surface area contributed by atoms with Crippen molar-refractivity contribution in [3.8, 4) is 11.8 Å². The molecule has 0 fully saturated rings. The van der Waals surface area contributed by atoms with Crippen LogP contribution in [0.1, 0.15) is 37.1 Å². The summed E-state index contributed by atoms with van der Waals surface area (Å²) in [4.78, 5) is 32.2. The average molecular weight is 402 g/mol. The molecule has 0 saturated heterocycles. The lowest BCUT2D eigenvalue weighted by Crippen LogP contribution is -2.42. The first-order chi connectivity index (χ1) is 14.0. The van der Waals surface area contributed by atoms with Gasteiger partial charge in [-0.3, -0.25) is 14.5 Å². The van der Waals surface area contributed by atoms with Crippen LogP contribution in [0.3, 0.4) is 0 Å². The van der Waals surface area contributed by atoms with E-state index in [1.807, 2.05) is 36.4 Å². The molecule has 3 aromatic rings. The molecule has 3 heterocycles. The predicted octanol–water partition coefficient (Wildman–Crippen LogP) is 4.40. The van der Waals surface area contributed by atoms with Crippen LogP contribution in [0.5, 0.6) is 0 Å².